The smallest absolute Gasteiger partial charge is 0.323 e. The van der Waals surface area contributed by atoms with E-state index >= 15 is 0 Å². The molecule has 1 atom stereocenters. The molecule has 7 nitrogen and oxygen atoms in total. The van der Waals surface area contributed by atoms with E-state index in [4.69, 9.17) is 0 Å². The van der Waals surface area contributed by atoms with Gasteiger partial charge in [-0.25, -0.2) is 0 Å². The Kier molecular flexibility index (Phi) is 5.05. The number of nitrogens with zero attached hydrogens (tertiary/aromatic N) is 1. The summed E-state index contributed by atoms with van der Waals surface area (Å²) in [5.41, 5.74) is 1.05. The van der Waals surface area contributed by atoms with Crippen LogP contribution < -0.4 is 5.32 Å². The summed E-state index contributed by atoms with van der Waals surface area (Å²) in [5, 5.41) is 13.4. The first kappa shape index (κ1) is 16.3. The second-order valence-electron chi connectivity index (χ2n) is 4.71. The fraction of sp³-hybridized carbons (Fsp3) is 0.143. The molecule has 1 unspecified atom stereocenters. The third-order valence-corrected chi connectivity index (χ3v) is 4.25. The molecule has 0 amide bonds. The van der Waals surface area contributed by atoms with E-state index in [9.17, 15) is 24.5 Å². The van der Waals surface area contributed by atoms with Crippen molar-refractivity contribution in [3.05, 3.63) is 75.8 Å². The van der Waals surface area contributed by atoms with E-state index < -0.39 is 18.3 Å². The van der Waals surface area contributed by atoms with Crippen LogP contribution in [0.15, 0.2) is 54.6 Å². The van der Waals surface area contributed by atoms with Crippen LogP contribution in [0, 0.1) is 10.1 Å². The summed E-state index contributed by atoms with van der Waals surface area (Å²) in [5.74, 6) is -1.21. The number of nitrogens with one attached hydrogen (secondary N) is 1. The summed E-state index contributed by atoms with van der Waals surface area (Å²) < 4.78 is 11.7. The predicted octanol–water partition coefficient (Wildman–Crippen LogP) is 2.56. The van der Waals surface area contributed by atoms with Crippen LogP contribution in [0.25, 0.3) is 0 Å². The Hall–Kier alpha value is -2.05. The van der Waals surface area contributed by atoms with Gasteiger partial charge >= 0.3 is 7.60 Å². The molecule has 0 aromatic heterocycles. The van der Waals surface area contributed by atoms with Crippen molar-refractivity contribution in [2.24, 2.45) is 0 Å². The molecule has 0 saturated carbocycles. The quantitative estimate of drug-likeness (QED) is 0.428. The fourth-order valence-electron chi connectivity index (χ4n) is 2.02. The molecule has 0 heterocycles. The van der Waals surface area contributed by atoms with Crippen LogP contribution in [0.4, 0.5) is 5.69 Å². The molecule has 0 fully saturated rings. The molecule has 22 heavy (non-hydrogen) atoms. The average molecular weight is 322 g/mol. The van der Waals surface area contributed by atoms with Gasteiger partial charge in [0.2, 0.25) is 0 Å². The van der Waals surface area contributed by atoms with Gasteiger partial charge in [0, 0.05) is 18.7 Å². The predicted molar refractivity (Wildman–Crippen MR) is 81.2 cm³/mol. The van der Waals surface area contributed by atoms with E-state index in [2.05, 4.69) is 5.32 Å². The zero-order chi connectivity index (χ0) is 16.2. The van der Waals surface area contributed by atoms with Crippen LogP contribution in [0.1, 0.15) is 16.9 Å². The van der Waals surface area contributed by atoms with Crippen molar-refractivity contribution in [1.29, 1.82) is 0 Å². The molecule has 0 aliphatic carbocycles. The number of benzene rings is 2. The van der Waals surface area contributed by atoms with Crippen LogP contribution in [0.2, 0.25) is 0 Å². The lowest BCUT2D eigenvalue weighted by atomic mass is 10.2. The van der Waals surface area contributed by atoms with Gasteiger partial charge in [0.15, 0.2) is 0 Å². The molecule has 2 aromatic carbocycles. The number of rotatable bonds is 6. The molecule has 0 spiro atoms. The number of hydrogen-bond acceptors (Lipinski definition) is 4. The molecule has 0 radical (unpaired) electrons. The maximum atomic E-state index is 11.7. The van der Waals surface area contributed by atoms with Gasteiger partial charge in [0.05, 0.1) is 4.92 Å². The summed E-state index contributed by atoms with van der Waals surface area (Å²) >= 11 is 0. The van der Waals surface area contributed by atoms with Crippen molar-refractivity contribution in [3.63, 3.8) is 0 Å². The first-order chi connectivity index (χ1) is 10.4. The number of nitro benzene ring substituents is 1. The Bertz CT molecular complexity index is 684. The van der Waals surface area contributed by atoms with Crippen molar-refractivity contribution in [2.45, 2.75) is 12.3 Å². The lowest BCUT2D eigenvalue weighted by Crippen LogP contribution is -2.21. The van der Waals surface area contributed by atoms with E-state index in [1.807, 2.05) is 30.3 Å². The van der Waals surface area contributed by atoms with Gasteiger partial charge < -0.3 is 9.79 Å². The second-order valence-corrected chi connectivity index (χ2v) is 6.40. The first-order valence-corrected chi connectivity index (χ1v) is 8.13. The molecule has 2 rings (SSSR count). The molecule has 3 N–H and O–H groups in total. The highest BCUT2D eigenvalue weighted by molar-refractivity contribution is 7.52. The molecular formula is C14H15N2O5P. The number of hydrogen-bond donors (Lipinski definition) is 3. The minimum Gasteiger partial charge on any atom is -0.323 e. The average Bonchev–Trinajstić information content (AvgIpc) is 2.47. The molecular weight excluding hydrogens is 307 g/mol. The van der Waals surface area contributed by atoms with Gasteiger partial charge in [-0.1, -0.05) is 30.3 Å². The summed E-state index contributed by atoms with van der Waals surface area (Å²) in [6, 6.07) is 14.3. The maximum Gasteiger partial charge on any atom is 0.346 e. The van der Waals surface area contributed by atoms with Crippen LogP contribution in [0.5, 0.6) is 0 Å². The van der Waals surface area contributed by atoms with Gasteiger partial charge in [0.25, 0.3) is 5.69 Å². The highest BCUT2D eigenvalue weighted by atomic mass is 31.2. The summed E-state index contributed by atoms with van der Waals surface area (Å²) in [4.78, 5) is 29.1. The van der Waals surface area contributed by atoms with Crippen molar-refractivity contribution in [1.82, 2.24) is 5.32 Å². The minimum absolute atomic E-state index is 0.128. The Balaban J connectivity index is 2.19. The van der Waals surface area contributed by atoms with E-state index in [-0.39, 0.29) is 12.2 Å². The van der Waals surface area contributed by atoms with Crippen molar-refractivity contribution >= 4 is 13.3 Å². The van der Waals surface area contributed by atoms with E-state index in [0.717, 1.165) is 5.56 Å². The number of non-ortho nitro benzene ring substituents is 1. The normalized spacial score (nSPS) is 12.8. The lowest BCUT2D eigenvalue weighted by molar-refractivity contribution is -0.384. The Morgan fingerprint density at radius 3 is 2.18 bits per heavy atom. The molecule has 0 saturated heterocycles. The molecule has 116 valence electrons. The van der Waals surface area contributed by atoms with E-state index in [1.165, 1.54) is 24.3 Å². The van der Waals surface area contributed by atoms with Crippen molar-refractivity contribution in [3.8, 4) is 0 Å². The zero-order valence-corrected chi connectivity index (χ0v) is 12.4. The van der Waals surface area contributed by atoms with Crippen LogP contribution >= 0.6 is 7.60 Å². The third-order valence-electron chi connectivity index (χ3n) is 3.10. The zero-order valence-electron chi connectivity index (χ0n) is 11.5. The lowest BCUT2D eigenvalue weighted by Gasteiger charge is -2.20. The van der Waals surface area contributed by atoms with Crippen molar-refractivity contribution in [2.75, 3.05) is 0 Å². The second kappa shape index (κ2) is 6.81. The fourth-order valence-corrected chi connectivity index (χ4v) is 2.91. The molecule has 8 heteroatoms. The van der Waals surface area contributed by atoms with Gasteiger partial charge in [-0.2, -0.15) is 0 Å². The standard InChI is InChI=1S/C14H15N2O5P/c17-16(18)13-8-6-12(7-9-13)14(22(19,20)21)15-10-11-4-2-1-3-5-11/h1-9,14-15H,10H2,(H2,19,20,21). The Morgan fingerprint density at radius 2 is 1.68 bits per heavy atom. The summed E-state index contributed by atoms with van der Waals surface area (Å²) in [6.07, 6.45) is 0. The van der Waals surface area contributed by atoms with Crippen LogP contribution in [0.3, 0.4) is 0 Å². The largest absolute Gasteiger partial charge is 0.346 e. The van der Waals surface area contributed by atoms with Gasteiger partial charge in [-0.15, -0.1) is 0 Å². The minimum atomic E-state index is -4.45. The summed E-state index contributed by atoms with van der Waals surface area (Å²) in [7, 11) is -4.45. The van der Waals surface area contributed by atoms with Crippen LogP contribution in [-0.2, 0) is 11.1 Å². The SMILES string of the molecule is O=[N+]([O-])c1ccc(C(NCc2ccccc2)P(=O)(O)O)cc1. The molecule has 0 aliphatic heterocycles. The maximum absolute atomic E-state index is 11.7. The monoisotopic (exact) mass is 322 g/mol. The van der Waals surface area contributed by atoms with E-state index in [0.29, 0.717) is 5.56 Å². The topological polar surface area (TPSA) is 113 Å². The Labute approximate surface area is 126 Å². The van der Waals surface area contributed by atoms with Gasteiger partial charge in [0.1, 0.15) is 5.78 Å². The van der Waals surface area contributed by atoms with Gasteiger partial charge in [-0.3, -0.25) is 20.0 Å². The molecule has 2 aromatic rings. The van der Waals surface area contributed by atoms with Crippen molar-refractivity contribution < 1.29 is 19.3 Å². The first-order valence-electron chi connectivity index (χ1n) is 6.45. The third kappa shape index (κ3) is 4.22. The highest BCUT2D eigenvalue weighted by Gasteiger charge is 2.30. The van der Waals surface area contributed by atoms with E-state index in [1.54, 1.807) is 0 Å². The highest BCUT2D eigenvalue weighted by Crippen LogP contribution is 2.50. The Morgan fingerprint density at radius 1 is 1.09 bits per heavy atom. The number of nitro groups is 1. The molecule has 0 aliphatic rings. The summed E-state index contributed by atoms with van der Waals surface area (Å²) in [6.45, 7) is 0.271. The van der Waals surface area contributed by atoms with Gasteiger partial charge in [-0.05, 0) is 23.3 Å². The van der Waals surface area contributed by atoms with Crippen LogP contribution in [-0.4, -0.2) is 14.7 Å². The molecule has 0 bridgehead atoms.